The maximum Gasteiger partial charge on any atom is 0.408 e. The summed E-state index contributed by atoms with van der Waals surface area (Å²) in [5.41, 5.74) is 0.351. The van der Waals surface area contributed by atoms with Gasteiger partial charge in [0.2, 0.25) is 11.8 Å². The number of unbranched alkanes of at least 4 members (excludes halogenated alkanes) is 2. The van der Waals surface area contributed by atoms with E-state index in [2.05, 4.69) is 17.6 Å². The molecule has 1 aromatic carbocycles. The molecule has 0 aromatic heterocycles. The van der Waals surface area contributed by atoms with Gasteiger partial charge in [-0.15, -0.1) is 0 Å². The lowest BCUT2D eigenvalue weighted by Crippen LogP contribution is -2.55. The standard InChI is InChI=1S/C25H41N3O4/c1-9-10-13-16-26-22(30)21(19-15-12-11-14-18(19)2)28(24(3,4)5)20(29)17-27-23(31)32-25(6,7)8/h11-12,14-15,21H,9-10,13,16-17H2,1-8H3,(H,26,30)(H,27,31). The summed E-state index contributed by atoms with van der Waals surface area (Å²) in [5, 5.41) is 5.53. The number of nitrogens with zero attached hydrogens (tertiary/aromatic N) is 1. The number of carbonyl (C=O) groups is 3. The summed E-state index contributed by atoms with van der Waals surface area (Å²) in [5.74, 6) is -0.587. The van der Waals surface area contributed by atoms with Crippen LogP contribution in [0.4, 0.5) is 4.79 Å². The maximum absolute atomic E-state index is 13.4. The first-order valence-electron chi connectivity index (χ1n) is 11.4. The van der Waals surface area contributed by atoms with Crippen LogP contribution in [0.5, 0.6) is 0 Å². The van der Waals surface area contributed by atoms with Crippen molar-refractivity contribution in [1.82, 2.24) is 15.5 Å². The van der Waals surface area contributed by atoms with Crippen LogP contribution < -0.4 is 10.6 Å². The molecule has 1 rings (SSSR count). The highest BCUT2D eigenvalue weighted by atomic mass is 16.6. The zero-order valence-electron chi connectivity index (χ0n) is 21.0. The monoisotopic (exact) mass is 447 g/mol. The van der Waals surface area contributed by atoms with E-state index in [4.69, 9.17) is 4.74 Å². The zero-order chi connectivity index (χ0) is 24.5. The number of benzene rings is 1. The minimum atomic E-state index is -0.814. The van der Waals surface area contributed by atoms with Crippen LogP contribution in [0.2, 0.25) is 0 Å². The average Bonchev–Trinajstić information content (AvgIpc) is 2.66. The van der Waals surface area contributed by atoms with Gasteiger partial charge in [0, 0.05) is 12.1 Å². The van der Waals surface area contributed by atoms with E-state index in [0.717, 1.165) is 30.4 Å². The Labute approximate surface area is 193 Å². The molecule has 0 fully saturated rings. The van der Waals surface area contributed by atoms with Crippen LogP contribution in [0.1, 0.15) is 84.9 Å². The van der Waals surface area contributed by atoms with Crippen molar-refractivity contribution in [3.05, 3.63) is 35.4 Å². The summed E-state index contributed by atoms with van der Waals surface area (Å²) in [6, 6.07) is 6.76. The van der Waals surface area contributed by atoms with Crippen LogP contribution in [0.15, 0.2) is 24.3 Å². The molecule has 1 atom stereocenters. The number of hydrogen-bond donors (Lipinski definition) is 2. The third-order valence-corrected chi connectivity index (χ3v) is 4.84. The van der Waals surface area contributed by atoms with Gasteiger partial charge in [-0.3, -0.25) is 9.59 Å². The third kappa shape index (κ3) is 8.89. The molecular weight excluding hydrogens is 406 g/mol. The molecule has 1 aromatic rings. The molecule has 3 amide bonds. The van der Waals surface area contributed by atoms with Crippen molar-refractivity contribution in [2.45, 2.75) is 91.8 Å². The predicted molar refractivity (Wildman–Crippen MR) is 127 cm³/mol. The summed E-state index contributed by atoms with van der Waals surface area (Å²) in [7, 11) is 0. The summed E-state index contributed by atoms with van der Waals surface area (Å²) >= 11 is 0. The first-order chi connectivity index (χ1) is 14.8. The van der Waals surface area contributed by atoms with Crippen LogP contribution in [0.25, 0.3) is 0 Å². The Morgan fingerprint density at radius 2 is 1.62 bits per heavy atom. The number of rotatable bonds is 9. The quantitative estimate of drug-likeness (QED) is 0.546. The smallest absolute Gasteiger partial charge is 0.408 e. The molecule has 32 heavy (non-hydrogen) atoms. The number of amides is 3. The fraction of sp³-hybridized carbons (Fsp3) is 0.640. The van der Waals surface area contributed by atoms with Crippen molar-refractivity contribution in [3.8, 4) is 0 Å². The number of hydrogen-bond acceptors (Lipinski definition) is 4. The van der Waals surface area contributed by atoms with E-state index in [1.165, 1.54) is 0 Å². The van der Waals surface area contributed by atoms with Crippen LogP contribution >= 0.6 is 0 Å². The molecule has 2 N–H and O–H groups in total. The maximum atomic E-state index is 13.4. The number of nitrogens with one attached hydrogen (secondary N) is 2. The highest BCUT2D eigenvalue weighted by Crippen LogP contribution is 2.31. The minimum Gasteiger partial charge on any atom is -0.444 e. The second kappa shape index (κ2) is 11.9. The normalized spacial score (nSPS) is 12.6. The Morgan fingerprint density at radius 1 is 1.00 bits per heavy atom. The van der Waals surface area contributed by atoms with E-state index in [1.54, 1.807) is 25.7 Å². The van der Waals surface area contributed by atoms with Gasteiger partial charge in [-0.2, -0.15) is 0 Å². The zero-order valence-corrected chi connectivity index (χ0v) is 21.0. The molecule has 0 heterocycles. The van der Waals surface area contributed by atoms with Gasteiger partial charge in [0.05, 0.1) is 0 Å². The van der Waals surface area contributed by atoms with Crippen molar-refractivity contribution >= 4 is 17.9 Å². The molecule has 0 bridgehead atoms. The van der Waals surface area contributed by atoms with Gasteiger partial charge in [0.25, 0.3) is 0 Å². The number of aryl methyl sites for hydroxylation is 1. The molecule has 0 aliphatic heterocycles. The van der Waals surface area contributed by atoms with Crippen LogP contribution in [-0.4, -0.2) is 47.0 Å². The van der Waals surface area contributed by atoms with E-state index in [0.29, 0.717) is 6.54 Å². The summed E-state index contributed by atoms with van der Waals surface area (Å²) in [6.45, 7) is 15.2. The summed E-state index contributed by atoms with van der Waals surface area (Å²) in [6.07, 6.45) is 2.29. The molecule has 0 aliphatic carbocycles. The third-order valence-electron chi connectivity index (χ3n) is 4.84. The first-order valence-corrected chi connectivity index (χ1v) is 11.4. The Balaban J connectivity index is 3.21. The van der Waals surface area contributed by atoms with Crippen molar-refractivity contribution in [2.24, 2.45) is 0 Å². The molecule has 1 unspecified atom stereocenters. The minimum absolute atomic E-state index is 0.226. The molecule has 0 aliphatic rings. The van der Waals surface area contributed by atoms with Crippen LogP contribution in [-0.2, 0) is 14.3 Å². The average molecular weight is 448 g/mol. The van der Waals surface area contributed by atoms with Crippen molar-refractivity contribution in [3.63, 3.8) is 0 Å². The van der Waals surface area contributed by atoms with E-state index >= 15 is 0 Å². The highest BCUT2D eigenvalue weighted by Gasteiger charge is 2.39. The van der Waals surface area contributed by atoms with Gasteiger partial charge >= 0.3 is 6.09 Å². The Hall–Kier alpha value is -2.57. The Bertz CT molecular complexity index is 778. The molecule has 7 heteroatoms. The van der Waals surface area contributed by atoms with Crippen molar-refractivity contribution in [1.29, 1.82) is 0 Å². The van der Waals surface area contributed by atoms with Gasteiger partial charge in [0.1, 0.15) is 18.2 Å². The molecule has 0 radical (unpaired) electrons. The SMILES string of the molecule is CCCCCNC(=O)C(c1ccccc1C)N(C(=O)CNC(=O)OC(C)(C)C)C(C)(C)C. The van der Waals surface area contributed by atoms with Crippen molar-refractivity contribution in [2.75, 3.05) is 13.1 Å². The highest BCUT2D eigenvalue weighted by molar-refractivity contribution is 5.91. The molecular formula is C25H41N3O4. The molecule has 180 valence electrons. The van der Waals surface area contributed by atoms with Gasteiger partial charge < -0.3 is 20.3 Å². The van der Waals surface area contributed by atoms with E-state index in [-0.39, 0.29) is 18.4 Å². The second-order valence-corrected chi connectivity index (χ2v) is 10.0. The fourth-order valence-electron chi connectivity index (χ4n) is 3.43. The summed E-state index contributed by atoms with van der Waals surface area (Å²) in [4.78, 5) is 40.3. The van der Waals surface area contributed by atoms with Gasteiger partial charge in [-0.05, 0) is 66.0 Å². The Morgan fingerprint density at radius 3 is 2.16 bits per heavy atom. The fourth-order valence-corrected chi connectivity index (χ4v) is 3.43. The molecule has 0 saturated carbocycles. The van der Waals surface area contributed by atoms with Gasteiger partial charge in [-0.1, -0.05) is 44.0 Å². The first kappa shape index (κ1) is 27.5. The number of alkyl carbamates (subject to hydrolysis) is 1. The van der Waals surface area contributed by atoms with Crippen LogP contribution in [0, 0.1) is 6.92 Å². The number of ether oxygens (including phenoxy) is 1. The Kier molecular flexibility index (Phi) is 10.2. The lowest BCUT2D eigenvalue weighted by Gasteiger charge is -2.41. The van der Waals surface area contributed by atoms with Crippen LogP contribution in [0.3, 0.4) is 0 Å². The van der Waals surface area contributed by atoms with Gasteiger partial charge in [0.15, 0.2) is 0 Å². The molecule has 0 saturated heterocycles. The van der Waals surface area contributed by atoms with Gasteiger partial charge in [-0.25, -0.2) is 4.79 Å². The number of carbonyl (C=O) groups excluding carboxylic acids is 3. The second-order valence-electron chi connectivity index (χ2n) is 10.0. The largest absolute Gasteiger partial charge is 0.444 e. The molecule has 0 spiro atoms. The summed E-state index contributed by atoms with van der Waals surface area (Å²) < 4.78 is 5.24. The lowest BCUT2D eigenvalue weighted by atomic mass is 9.94. The predicted octanol–water partition coefficient (Wildman–Crippen LogP) is 4.49. The topological polar surface area (TPSA) is 87.7 Å². The van der Waals surface area contributed by atoms with Crippen molar-refractivity contribution < 1.29 is 19.1 Å². The lowest BCUT2D eigenvalue weighted by molar-refractivity contribution is -0.146. The van der Waals surface area contributed by atoms with E-state index in [1.807, 2.05) is 52.0 Å². The molecule has 7 nitrogen and oxygen atoms in total. The van der Waals surface area contributed by atoms with E-state index in [9.17, 15) is 14.4 Å². The van der Waals surface area contributed by atoms with E-state index < -0.39 is 23.3 Å².